The maximum Gasteiger partial charge on any atom is 0.147 e. The fraction of sp³-hybridized carbons (Fsp3) is 0. The van der Waals surface area contributed by atoms with Gasteiger partial charge in [-0.05, 0) is 65.7 Å². The first-order valence-corrected chi connectivity index (χ1v) is 14.6. The highest BCUT2D eigenvalue weighted by molar-refractivity contribution is 7.26. The van der Waals surface area contributed by atoms with E-state index in [0.717, 1.165) is 45.2 Å². The molecule has 41 heavy (non-hydrogen) atoms. The summed E-state index contributed by atoms with van der Waals surface area (Å²) in [5.41, 5.74) is 10.2. The summed E-state index contributed by atoms with van der Waals surface area (Å²) in [5, 5.41) is 2.64. The predicted octanol–water partition coefficient (Wildman–Crippen LogP) is 10.5. The number of rotatable bonds is 2. The molecule has 1 aliphatic heterocycles. The molecule has 0 unspecified atom stereocenters. The normalized spacial score (nSPS) is 12.3. The fourth-order valence-corrected chi connectivity index (χ4v) is 7.58. The first-order valence-electron chi connectivity index (χ1n) is 13.8. The molecule has 0 bridgehead atoms. The van der Waals surface area contributed by atoms with Gasteiger partial charge in [0.05, 0.1) is 28.1 Å². The Bertz CT molecular complexity index is 2290. The molecule has 3 heterocycles. The van der Waals surface area contributed by atoms with E-state index in [9.17, 15) is 0 Å². The Hall–Kier alpha value is -5.19. The van der Waals surface area contributed by atoms with Gasteiger partial charge in [0.15, 0.2) is 0 Å². The van der Waals surface area contributed by atoms with Crippen LogP contribution in [0.1, 0.15) is 0 Å². The Morgan fingerprint density at radius 1 is 0.537 bits per heavy atom. The summed E-state index contributed by atoms with van der Waals surface area (Å²) in [5.74, 6) is 0.961. The Labute approximate surface area is 241 Å². The van der Waals surface area contributed by atoms with Crippen LogP contribution >= 0.6 is 11.3 Å². The van der Waals surface area contributed by atoms with E-state index in [1.165, 1.54) is 31.3 Å². The number of hydrogen-bond donors (Lipinski definition) is 0. The summed E-state index contributed by atoms with van der Waals surface area (Å²) < 4.78 is 4.96. The van der Waals surface area contributed by atoms with Crippen LogP contribution in [0.3, 0.4) is 0 Å². The maximum atomic E-state index is 5.14. The molecule has 2 aromatic heterocycles. The van der Waals surface area contributed by atoms with Crippen LogP contribution in [0, 0.1) is 0 Å². The molecule has 0 atom stereocenters. The van der Waals surface area contributed by atoms with E-state index in [4.69, 9.17) is 4.98 Å². The van der Waals surface area contributed by atoms with E-state index >= 15 is 0 Å². The van der Waals surface area contributed by atoms with Gasteiger partial charge in [-0.2, -0.15) is 0 Å². The average Bonchev–Trinajstić information content (AvgIpc) is 3.57. The Morgan fingerprint density at radius 3 is 2.20 bits per heavy atom. The van der Waals surface area contributed by atoms with Crippen LogP contribution in [0.5, 0.6) is 0 Å². The molecular formula is C37H23N3S. The lowest BCUT2D eigenvalue weighted by Gasteiger charge is -2.27. The quantitative estimate of drug-likeness (QED) is 0.217. The van der Waals surface area contributed by atoms with Crippen LogP contribution < -0.4 is 4.90 Å². The summed E-state index contributed by atoms with van der Waals surface area (Å²) in [6.07, 6.45) is 0. The molecule has 1 aliphatic rings. The number of benzene rings is 6. The molecule has 0 radical (unpaired) electrons. The smallest absolute Gasteiger partial charge is 0.147 e. The van der Waals surface area contributed by atoms with E-state index in [2.05, 4.69) is 149 Å². The first-order chi connectivity index (χ1) is 20.3. The topological polar surface area (TPSA) is 21.1 Å². The molecule has 0 spiro atoms. The molecule has 0 saturated heterocycles. The van der Waals surface area contributed by atoms with Crippen molar-refractivity contribution in [1.82, 2.24) is 9.55 Å². The number of fused-ring (bicyclic) bond motifs is 10. The molecule has 0 amide bonds. The number of imidazole rings is 1. The zero-order valence-electron chi connectivity index (χ0n) is 22.0. The van der Waals surface area contributed by atoms with Crippen molar-refractivity contribution in [3.8, 4) is 28.2 Å². The van der Waals surface area contributed by atoms with Gasteiger partial charge in [0, 0.05) is 31.4 Å². The maximum absolute atomic E-state index is 5.14. The second-order valence-electron chi connectivity index (χ2n) is 10.4. The molecule has 0 N–H and O–H groups in total. The molecule has 4 heteroatoms. The third kappa shape index (κ3) is 3.28. The number of para-hydroxylation sites is 5. The van der Waals surface area contributed by atoms with E-state index in [0.29, 0.717) is 0 Å². The van der Waals surface area contributed by atoms with Crippen LogP contribution in [-0.2, 0) is 0 Å². The largest absolute Gasteiger partial charge is 0.308 e. The summed E-state index contributed by atoms with van der Waals surface area (Å²) in [6.45, 7) is 0. The monoisotopic (exact) mass is 541 g/mol. The minimum absolute atomic E-state index is 0.961. The lowest BCUT2D eigenvalue weighted by atomic mass is 10.0. The van der Waals surface area contributed by atoms with Crippen LogP contribution in [-0.4, -0.2) is 9.55 Å². The second kappa shape index (κ2) is 8.65. The van der Waals surface area contributed by atoms with Crippen molar-refractivity contribution in [2.75, 3.05) is 4.90 Å². The highest BCUT2D eigenvalue weighted by atomic mass is 32.1. The SMILES string of the molecule is c1cc(-c2cccc3c2sc2ccccc23)cc(N2c3ccccc3-c3nc4ccccc4n3-c3ccccc32)c1. The lowest BCUT2D eigenvalue weighted by molar-refractivity contribution is 1.11. The molecule has 0 aliphatic carbocycles. The number of thiophene rings is 1. The number of aromatic nitrogens is 2. The summed E-state index contributed by atoms with van der Waals surface area (Å²) in [6, 6.07) is 50.0. The zero-order valence-corrected chi connectivity index (χ0v) is 22.8. The van der Waals surface area contributed by atoms with Crippen molar-refractivity contribution in [2.24, 2.45) is 0 Å². The molecule has 3 nitrogen and oxygen atoms in total. The van der Waals surface area contributed by atoms with Gasteiger partial charge in [-0.1, -0.05) is 84.9 Å². The highest BCUT2D eigenvalue weighted by Gasteiger charge is 2.28. The van der Waals surface area contributed by atoms with Gasteiger partial charge in [-0.15, -0.1) is 11.3 Å². The lowest BCUT2D eigenvalue weighted by Crippen LogP contribution is -2.11. The second-order valence-corrected chi connectivity index (χ2v) is 11.5. The Kier molecular flexibility index (Phi) is 4.77. The molecule has 6 aromatic carbocycles. The van der Waals surface area contributed by atoms with Crippen LogP contribution in [0.25, 0.3) is 59.4 Å². The number of hydrogen-bond acceptors (Lipinski definition) is 3. The number of anilines is 3. The van der Waals surface area contributed by atoms with Gasteiger partial charge >= 0.3 is 0 Å². The van der Waals surface area contributed by atoms with Gasteiger partial charge < -0.3 is 4.90 Å². The fourth-order valence-electron chi connectivity index (χ4n) is 6.35. The molecule has 9 rings (SSSR count). The molecule has 0 fully saturated rings. The standard InChI is InChI=1S/C37H23N3S/c1-4-18-31-29(14-1)37-38-30-17-3-5-19-32(30)40(37)34-21-7-6-20-33(34)39(31)25-12-9-11-24(23-25)26-15-10-16-28-27-13-2-8-22-35(27)41-36(26)28/h1-23H. The predicted molar refractivity (Wildman–Crippen MR) is 173 cm³/mol. The first kappa shape index (κ1) is 22.6. The van der Waals surface area contributed by atoms with Crippen molar-refractivity contribution >= 4 is 59.6 Å². The van der Waals surface area contributed by atoms with Gasteiger partial charge in [0.2, 0.25) is 0 Å². The third-order valence-electron chi connectivity index (χ3n) is 8.13. The van der Waals surface area contributed by atoms with Gasteiger partial charge in [0.1, 0.15) is 5.82 Å². The highest BCUT2D eigenvalue weighted by Crippen LogP contribution is 2.48. The Balaban J connectivity index is 1.30. The average molecular weight is 542 g/mol. The Morgan fingerprint density at radius 2 is 1.24 bits per heavy atom. The van der Waals surface area contributed by atoms with Crippen LogP contribution in [0.4, 0.5) is 17.1 Å². The molecule has 192 valence electrons. The van der Waals surface area contributed by atoms with Crippen molar-refractivity contribution in [1.29, 1.82) is 0 Å². The minimum atomic E-state index is 0.961. The minimum Gasteiger partial charge on any atom is -0.308 e. The van der Waals surface area contributed by atoms with Gasteiger partial charge in [-0.3, -0.25) is 4.57 Å². The van der Waals surface area contributed by atoms with Gasteiger partial charge in [-0.25, -0.2) is 4.98 Å². The van der Waals surface area contributed by atoms with Crippen molar-refractivity contribution < 1.29 is 0 Å². The van der Waals surface area contributed by atoms with Crippen molar-refractivity contribution in [2.45, 2.75) is 0 Å². The summed E-state index contributed by atoms with van der Waals surface area (Å²) in [4.78, 5) is 7.53. The molecule has 0 saturated carbocycles. The summed E-state index contributed by atoms with van der Waals surface area (Å²) in [7, 11) is 0. The summed E-state index contributed by atoms with van der Waals surface area (Å²) >= 11 is 1.87. The van der Waals surface area contributed by atoms with E-state index < -0.39 is 0 Å². The number of nitrogens with zero attached hydrogens (tertiary/aromatic N) is 3. The van der Waals surface area contributed by atoms with E-state index in [-0.39, 0.29) is 0 Å². The van der Waals surface area contributed by atoms with Gasteiger partial charge in [0.25, 0.3) is 0 Å². The van der Waals surface area contributed by atoms with E-state index in [1.54, 1.807) is 0 Å². The third-order valence-corrected chi connectivity index (χ3v) is 9.35. The van der Waals surface area contributed by atoms with Crippen molar-refractivity contribution in [3.63, 3.8) is 0 Å². The van der Waals surface area contributed by atoms with Crippen LogP contribution in [0.2, 0.25) is 0 Å². The zero-order chi connectivity index (χ0) is 26.9. The van der Waals surface area contributed by atoms with Crippen LogP contribution in [0.15, 0.2) is 140 Å². The van der Waals surface area contributed by atoms with E-state index in [1.807, 2.05) is 11.3 Å². The molecule has 8 aromatic rings. The van der Waals surface area contributed by atoms with Crippen molar-refractivity contribution in [3.05, 3.63) is 140 Å². The molecular weight excluding hydrogens is 518 g/mol.